The molecule has 1 aromatic rings. The molecule has 5 nitrogen and oxygen atoms in total. The average molecular weight is 286 g/mol. The van der Waals surface area contributed by atoms with Crippen molar-refractivity contribution in [3.63, 3.8) is 0 Å². The molecule has 18 heavy (non-hydrogen) atoms. The van der Waals surface area contributed by atoms with Gasteiger partial charge in [-0.3, -0.25) is 4.55 Å². The lowest BCUT2D eigenvalue weighted by molar-refractivity contribution is -0.0510. The summed E-state index contributed by atoms with van der Waals surface area (Å²) in [7, 11) is -1.96. The highest BCUT2D eigenvalue weighted by Crippen LogP contribution is 2.20. The van der Waals surface area contributed by atoms with Crippen LogP contribution in [0.3, 0.4) is 0 Å². The molecule has 0 fully saturated rings. The highest BCUT2D eigenvalue weighted by Gasteiger charge is 2.44. The van der Waals surface area contributed by atoms with E-state index in [1.807, 2.05) is 37.3 Å². The van der Waals surface area contributed by atoms with E-state index in [1.165, 1.54) is 5.69 Å². The van der Waals surface area contributed by atoms with Gasteiger partial charge >= 0.3 is 15.6 Å². The molecule has 0 aliphatic rings. The van der Waals surface area contributed by atoms with Crippen molar-refractivity contribution in [2.45, 2.75) is 5.51 Å². The van der Waals surface area contributed by atoms with E-state index in [9.17, 15) is 13.2 Å². The summed E-state index contributed by atoms with van der Waals surface area (Å²) in [6, 6.07) is 10.1. The summed E-state index contributed by atoms with van der Waals surface area (Å²) >= 11 is 0. The second-order valence-corrected chi connectivity index (χ2v) is 4.45. The monoisotopic (exact) mass is 286 g/mol. The number of anilines is 1. The van der Waals surface area contributed by atoms with Gasteiger partial charge < -0.3 is 5.01 Å². The normalized spacial score (nSPS) is 11.4. The van der Waals surface area contributed by atoms with E-state index in [0.717, 1.165) is 0 Å². The van der Waals surface area contributed by atoms with Gasteiger partial charge in [0.1, 0.15) is 0 Å². The molecule has 0 radical (unpaired) electrons. The first-order valence-electron chi connectivity index (χ1n) is 4.59. The number of alkyl halides is 3. The van der Waals surface area contributed by atoms with Crippen LogP contribution in [0.5, 0.6) is 0 Å². The molecule has 0 spiro atoms. The standard InChI is InChI=1S/C8H12N2.CHF3O3S/c1-9-10(2)8-6-4-3-5-7-8;2-1(3,4)8(5,6)7/h3-7,9H,1-2H3;(H,5,6,7). The van der Waals surface area contributed by atoms with Gasteiger partial charge in [-0.15, -0.1) is 0 Å². The van der Waals surface area contributed by atoms with Crippen LogP contribution in [0, 0.1) is 0 Å². The summed E-state index contributed by atoms with van der Waals surface area (Å²) in [5.41, 5.74) is -1.35. The summed E-state index contributed by atoms with van der Waals surface area (Å²) in [4.78, 5) is 0. The van der Waals surface area contributed by atoms with Crippen LogP contribution in [0.2, 0.25) is 0 Å². The van der Waals surface area contributed by atoms with Crippen LogP contribution in [0.4, 0.5) is 18.9 Å². The number of hydrogen-bond donors (Lipinski definition) is 2. The molecule has 1 aromatic carbocycles. The molecule has 104 valence electrons. The lowest BCUT2D eigenvalue weighted by Gasteiger charge is -2.16. The van der Waals surface area contributed by atoms with Crippen molar-refractivity contribution in [3.8, 4) is 0 Å². The van der Waals surface area contributed by atoms with Crippen molar-refractivity contribution in [1.29, 1.82) is 0 Å². The van der Waals surface area contributed by atoms with Crippen molar-refractivity contribution < 1.29 is 26.1 Å². The fourth-order valence-electron chi connectivity index (χ4n) is 0.781. The van der Waals surface area contributed by atoms with Gasteiger partial charge in [-0.05, 0) is 12.1 Å². The number of hydrazine groups is 1. The highest BCUT2D eigenvalue weighted by molar-refractivity contribution is 7.86. The van der Waals surface area contributed by atoms with Crippen LogP contribution in [0.25, 0.3) is 0 Å². The zero-order valence-corrected chi connectivity index (χ0v) is 10.5. The molecule has 0 bridgehead atoms. The van der Waals surface area contributed by atoms with E-state index < -0.39 is 15.6 Å². The molecular weight excluding hydrogens is 273 g/mol. The van der Waals surface area contributed by atoms with Crippen LogP contribution < -0.4 is 10.4 Å². The predicted molar refractivity (Wildman–Crippen MR) is 61.5 cm³/mol. The number of nitrogens with zero attached hydrogens (tertiary/aromatic N) is 1. The third-order valence-corrected chi connectivity index (χ3v) is 2.36. The Kier molecular flexibility index (Phi) is 6.09. The summed E-state index contributed by atoms with van der Waals surface area (Å²) in [5.74, 6) is 0. The van der Waals surface area contributed by atoms with Gasteiger partial charge in [0.25, 0.3) is 0 Å². The first kappa shape index (κ1) is 16.7. The number of rotatable bonds is 2. The molecule has 0 aromatic heterocycles. The molecule has 0 aliphatic heterocycles. The van der Waals surface area contributed by atoms with Crippen molar-refractivity contribution in [1.82, 2.24) is 5.43 Å². The first-order chi connectivity index (χ1) is 8.09. The maximum Gasteiger partial charge on any atom is 0.522 e. The largest absolute Gasteiger partial charge is 0.522 e. The molecule has 0 amide bonds. The molecular formula is C9H13F3N2O3S. The van der Waals surface area contributed by atoms with Crippen LogP contribution in [-0.2, 0) is 10.1 Å². The van der Waals surface area contributed by atoms with E-state index in [-0.39, 0.29) is 0 Å². The van der Waals surface area contributed by atoms with E-state index in [2.05, 4.69) is 17.6 Å². The highest BCUT2D eigenvalue weighted by atomic mass is 32.2. The van der Waals surface area contributed by atoms with Gasteiger partial charge in [0.05, 0.1) is 5.69 Å². The number of benzene rings is 1. The molecule has 9 heteroatoms. The van der Waals surface area contributed by atoms with Crippen molar-refractivity contribution in [3.05, 3.63) is 30.3 Å². The fraction of sp³-hybridized carbons (Fsp3) is 0.333. The topological polar surface area (TPSA) is 69.6 Å². The van der Waals surface area contributed by atoms with E-state index in [4.69, 9.17) is 13.0 Å². The minimum absolute atomic E-state index is 1.17. The van der Waals surface area contributed by atoms with E-state index >= 15 is 0 Å². The maximum atomic E-state index is 10.7. The number of nitrogens with one attached hydrogen (secondary N) is 1. The molecule has 0 saturated heterocycles. The Labute approximate surface area is 103 Å². The van der Waals surface area contributed by atoms with Crippen molar-refractivity contribution in [2.24, 2.45) is 0 Å². The molecule has 0 heterocycles. The van der Waals surface area contributed by atoms with Crippen LogP contribution in [0.1, 0.15) is 0 Å². The van der Waals surface area contributed by atoms with Crippen LogP contribution in [-0.4, -0.2) is 32.6 Å². The first-order valence-corrected chi connectivity index (χ1v) is 6.03. The van der Waals surface area contributed by atoms with Gasteiger partial charge in [0.15, 0.2) is 0 Å². The third kappa shape index (κ3) is 5.84. The Morgan fingerprint density at radius 3 is 1.89 bits per heavy atom. The van der Waals surface area contributed by atoms with Crippen molar-refractivity contribution in [2.75, 3.05) is 19.1 Å². The fourth-order valence-corrected chi connectivity index (χ4v) is 0.781. The predicted octanol–water partition coefficient (Wildman–Crippen LogP) is 1.65. The van der Waals surface area contributed by atoms with Gasteiger partial charge in [-0.1, -0.05) is 18.2 Å². The Morgan fingerprint density at radius 2 is 1.61 bits per heavy atom. The molecule has 0 unspecified atom stereocenters. The summed E-state index contributed by atoms with van der Waals surface area (Å²) < 4.78 is 57.5. The second-order valence-electron chi connectivity index (χ2n) is 3.04. The second kappa shape index (κ2) is 6.57. The average Bonchev–Trinajstić information content (AvgIpc) is 2.27. The van der Waals surface area contributed by atoms with Gasteiger partial charge in [0, 0.05) is 14.1 Å². The van der Waals surface area contributed by atoms with E-state index in [1.54, 1.807) is 0 Å². The van der Waals surface area contributed by atoms with Gasteiger partial charge in [-0.2, -0.15) is 21.6 Å². The lowest BCUT2D eigenvalue weighted by atomic mass is 10.3. The lowest BCUT2D eigenvalue weighted by Crippen LogP contribution is -2.30. The Balaban J connectivity index is 0.000000331. The smallest absolute Gasteiger partial charge is 0.312 e. The van der Waals surface area contributed by atoms with Gasteiger partial charge in [-0.25, -0.2) is 5.43 Å². The minimum Gasteiger partial charge on any atom is -0.312 e. The summed E-state index contributed by atoms with van der Waals surface area (Å²) in [6.45, 7) is 0. The Hall–Kier alpha value is -1.32. The SMILES string of the molecule is CNN(C)c1ccccc1.O=S(=O)(O)C(F)(F)F. The molecule has 1 rings (SSSR count). The summed E-state index contributed by atoms with van der Waals surface area (Å²) in [6.07, 6.45) is 0. The van der Waals surface area contributed by atoms with E-state index in [0.29, 0.717) is 0 Å². The molecule has 2 N–H and O–H groups in total. The van der Waals surface area contributed by atoms with Crippen molar-refractivity contribution >= 4 is 15.8 Å². The Morgan fingerprint density at radius 1 is 1.22 bits per heavy atom. The zero-order chi connectivity index (χ0) is 14.4. The van der Waals surface area contributed by atoms with Crippen LogP contribution >= 0.6 is 0 Å². The summed E-state index contributed by atoms with van der Waals surface area (Å²) in [5, 5.41) is 1.96. The third-order valence-electron chi connectivity index (χ3n) is 1.77. The minimum atomic E-state index is -5.84. The van der Waals surface area contributed by atoms with Crippen LogP contribution in [0.15, 0.2) is 30.3 Å². The maximum absolute atomic E-state index is 10.7. The van der Waals surface area contributed by atoms with Gasteiger partial charge in [0.2, 0.25) is 0 Å². The Bertz CT molecular complexity index is 448. The zero-order valence-electron chi connectivity index (χ0n) is 9.64. The molecule has 0 aliphatic carbocycles. The molecule has 0 atom stereocenters. The number of hydrogen-bond acceptors (Lipinski definition) is 4. The quantitative estimate of drug-likeness (QED) is 0.491. The number of para-hydroxylation sites is 1. The molecule has 0 saturated carbocycles. The number of halogens is 3.